The summed E-state index contributed by atoms with van der Waals surface area (Å²) < 4.78 is 5.20. The van der Waals surface area contributed by atoms with Crippen LogP contribution in [-0.4, -0.2) is 10.1 Å². The van der Waals surface area contributed by atoms with Gasteiger partial charge in [-0.05, 0) is 13.0 Å². The zero-order valence-electron chi connectivity index (χ0n) is 9.46. The maximum atomic E-state index is 5.96. The Labute approximate surface area is 88.5 Å². The van der Waals surface area contributed by atoms with E-state index in [2.05, 4.69) is 30.9 Å². The van der Waals surface area contributed by atoms with Gasteiger partial charge in [-0.1, -0.05) is 25.9 Å². The maximum Gasteiger partial charge on any atom is 0.260 e. The molecule has 0 amide bonds. The van der Waals surface area contributed by atoms with Gasteiger partial charge in [0.2, 0.25) is 0 Å². The van der Waals surface area contributed by atoms with Crippen molar-refractivity contribution in [1.29, 1.82) is 0 Å². The lowest BCUT2D eigenvalue weighted by Gasteiger charge is -2.14. The van der Waals surface area contributed by atoms with Gasteiger partial charge in [0.15, 0.2) is 0 Å². The van der Waals surface area contributed by atoms with Crippen LogP contribution in [0.15, 0.2) is 10.6 Å². The highest BCUT2D eigenvalue weighted by Crippen LogP contribution is 2.32. The molecule has 4 heteroatoms. The molecule has 0 fully saturated rings. The van der Waals surface area contributed by atoms with Crippen LogP contribution in [0.5, 0.6) is 0 Å². The summed E-state index contributed by atoms with van der Waals surface area (Å²) in [6.45, 7) is 8.10. The van der Waals surface area contributed by atoms with Crippen LogP contribution in [0.3, 0.4) is 0 Å². The summed E-state index contributed by atoms with van der Waals surface area (Å²) in [6.07, 6.45) is 0. The molecular weight excluding hydrogens is 190 g/mol. The number of fused-ring (bicyclic) bond motifs is 1. The molecular formula is C11H15N3O. The first-order chi connectivity index (χ1) is 6.89. The monoisotopic (exact) mass is 205 g/mol. The minimum Gasteiger partial charge on any atom is -0.398 e. The third kappa shape index (κ3) is 1.56. The van der Waals surface area contributed by atoms with Crippen molar-refractivity contribution in [1.82, 2.24) is 10.1 Å². The van der Waals surface area contributed by atoms with E-state index >= 15 is 0 Å². The van der Waals surface area contributed by atoms with E-state index in [0.29, 0.717) is 11.4 Å². The van der Waals surface area contributed by atoms with E-state index in [1.807, 2.05) is 13.0 Å². The van der Waals surface area contributed by atoms with Gasteiger partial charge in [0.25, 0.3) is 5.71 Å². The van der Waals surface area contributed by atoms with Crippen molar-refractivity contribution in [2.24, 2.45) is 0 Å². The standard InChI is InChI=1S/C11H15N3O/c1-6-5-7(12)8-9(11(2,3)4)14-15-10(8)13-6/h5H,1-4H3,(H2,12,13). The number of rotatable bonds is 0. The molecule has 15 heavy (non-hydrogen) atoms. The average Bonchev–Trinajstić information content (AvgIpc) is 2.45. The van der Waals surface area contributed by atoms with Crippen molar-refractivity contribution < 1.29 is 4.52 Å². The Morgan fingerprint density at radius 1 is 1.33 bits per heavy atom. The number of hydrogen-bond acceptors (Lipinski definition) is 4. The molecule has 0 bridgehead atoms. The van der Waals surface area contributed by atoms with Gasteiger partial charge in [0.1, 0.15) is 5.69 Å². The average molecular weight is 205 g/mol. The fourth-order valence-corrected chi connectivity index (χ4v) is 1.62. The van der Waals surface area contributed by atoms with Crippen molar-refractivity contribution in [3.05, 3.63) is 17.5 Å². The third-order valence-corrected chi connectivity index (χ3v) is 2.32. The van der Waals surface area contributed by atoms with Crippen LogP contribution in [-0.2, 0) is 5.41 Å². The molecule has 2 heterocycles. The fraction of sp³-hybridized carbons (Fsp3) is 0.455. The molecule has 0 spiro atoms. The number of nitrogens with two attached hydrogens (primary N) is 1. The van der Waals surface area contributed by atoms with Gasteiger partial charge < -0.3 is 10.3 Å². The summed E-state index contributed by atoms with van der Waals surface area (Å²) in [6, 6.07) is 1.84. The summed E-state index contributed by atoms with van der Waals surface area (Å²) in [5.41, 5.74) is 8.79. The van der Waals surface area contributed by atoms with Crippen LogP contribution in [0, 0.1) is 6.92 Å². The Morgan fingerprint density at radius 3 is 2.60 bits per heavy atom. The Hall–Kier alpha value is -1.58. The van der Waals surface area contributed by atoms with Crippen molar-refractivity contribution in [3.8, 4) is 0 Å². The quantitative estimate of drug-likeness (QED) is 0.717. The number of hydrogen-bond donors (Lipinski definition) is 1. The summed E-state index contributed by atoms with van der Waals surface area (Å²) in [4.78, 5) is 4.26. The fourth-order valence-electron chi connectivity index (χ4n) is 1.62. The van der Waals surface area contributed by atoms with E-state index in [0.717, 1.165) is 16.8 Å². The van der Waals surface area contributed by atoms with Gasteiger partial charge >= 0.3 is 0 Å². The van der Waals surface area contributed by atoms with Crippen LogP contribution in [0.2, 0.25) is 0 Å². The van der Waals surface area contributed by atoms with Crippen LogP contribution in [0.1, 0.15) is 32.2 Å². The molecule has 0 radical (unpaired) electrons. The van der Waals surface area contributed by atoms with Gasteiger partial charge in [-0.2, -0.15) is 0 Å². The van der Waals surface area contributed by atoms with E-state index in [-0.39, 0.29) is 5.41 Å². The molecule has 0 saturated heterocycles. The zero-order chi connectivity index (χ0) is 11.2. The molecule has 80 valence electrons. The third-order valence-electron chi connectivity index (χ3n) is 2.32. The van der Waals surface area contributed by atoms with Gasteiger partial charge in [0, 0.05) is 16.8 Å². The first-order valence-corrected chi connectivity index (χ1v) is 4.92. The molecule has 4 nitrogen and oxygen atoms in total. The molecule has 0 aliphatic rings. The number of aryl methyl sites for hydroxylation is 1. The van der Waals surface area contributed by atoms with Gasteiger partial charge in [0.05, 0.1) is 5.39 Å². The van der Waals surface area contributed by atoms with E-state index in [1.54, 1.807) is 0 Å². The van der Waals surface area contributed by atoms with Gasteiger partial charge in [-0.25, -0.2) is 4.98 Å². The second kappa shape index (κ2) is 2.95. The van der Waals surface area contributed by atoms with Gasteiger partial charge in [-0.15, -0.1) is 0 Å². The van der Waals surface area contributed by atoms with Crippen molar-refractivity contribution >= 4 is 16.8 Å². The molecule has 2 rings (SSSR count). The lowest BCUT2D eigenvalue weighted by molar-refractivity contribution is 0.414. The molecule has 0 unspecified atom stereocenters. The normalized spacial score (nSPS) is 12.3. The van der Waals surface area contributed by atoms with Crippen LogP contribution in [0.4, 0.5) is 5.69 Å². The number of aromatic nitrogens is 2. The Balaban J connectivity index is 2.81. The first kappa shape index (κ1) is 9.96. The molecule has 2 aromatic heterocycles. The molecule has 2 aromatic rings. The van der Waals surface area contributed by atoms with E-state index in [1.165, 1.54) is 0 Å². The minimum atomic E-state index is -0.0870. The predicted octanol–water partition coefficient (Wildman–Crippen LogP) is 2.41. The number of nitrogens with zero attached hydrogens (tertiary/aromatic N) is 2. The Bertz CT molecular complexity index is 508. The number of nitrogen functional groups attached to an aromatic ring is 1. The highest BCUT2D eigenvalue weighted by atomic mass is 16.5. The highest BCUT2D eigenvalue weighted by Gasteiger charge is 2.24. The lowest BCUT2D eigenvalue weighted by atomic mass is 9.90. The maximum absolute atomic E-state index is 5.96. The molecule has 2 N–H and O–H groups in total. The topological polar surface area (TPSA) is 64.9 Å². The van der Waals surface area contributed by atoms with Crippen LogP contribution >= 0.6 is 0 Å². The van der Waals surface area contributed by atoms with E-state index in [9.17, 15) is 0 Å². The second-order valence-electron chi connectivity index (χ2n) is 4.81. The van der Waals surface area contributed by atoms with Crippen LogP contribution in [0.25, 0.3) is 11.1 Å². The Morgan fingerprint density at radius 2 is 2.00 bits per heavy atom. The first-order valence-electron chi connectivity index (χ1n) is 4.92. The highest BCUT2D eigenvalue weighted by molar-refractivity contribution is 5.89. The van der Waals surface area contributed by atoms with Crippen molar-refractivity contribution in [2.75, 3.05) is 5.73 Å². The minimum absolute atomic E-state index is 0.0870. The molecule has 0 saturated carbocycles. The summed E-state index contributed by atoms with van der Waals surface area (Å²) in [5, 5.41) is 4.89. The van der Waals surface area contributed by atoms with E-state index in [4.69, 9.17) is 10.3 Å². The second-order valence-corrected chi connectivity index (χ2v) is 4.81. The van der Waals surface area contributed by atoms with Crippen molar-refractivity contribution in [2.45, 2.75) is 33.1 Å². The SMILES string of the molecule is Cc1cc(N)c2c(C(C)(C)C)noc2n1. The smallest absolute Gasteiger partial charge is 0.260 e. The van der Waals surface area contributed by atoms with Crippen LogP contribution < -0.4 is 5.73 Å². The number of anilines is 1. The summed E-state index contributed by atoms with van der Waals surface area (Å²) in [7, 11) is 0. The largest absolute Gasteiger partial charge is 0.398 e. The lowest BCUT2D eigenvalue weighted by Crippen LogP contribution is -2.12. The molecule has 0 aliphatic carbocycles. The number of pyridine rings is 1. The van der Waals surface area contributed by atoms with Crippen molar-refractivity contribution in [3.63, 3.8) is 0 Å². The van der Waals surface area contributed by atoms with Gasteiger partial charge in [-0.3, -0.25) is 0 Å². The van der Waals surface area contributed by atoms with E-state index < -0.39 is 0 Å². The predicted molar refractivity (Wildman–Crippen MR) is 59.7 cm³/mol. The molecule has 0 aromatic carbocycles. The summed E-state index contributed by atoms with van der Waals surface area (Å²) in [5.74, 6) is 0. The molecule has 0 atom stereocenters. The Kier molecular flexibility index (Phi) is 1.96. The molecule has 0 aliphatic heterocycles. The zero-order valence-corrected chi connectivity index (χ0v) is 9.46. The summed E-state index contributed by atoms with van der Waals surface area (Å²) >= 11 is 0.